The van der Waals surface area contributed by atoms with Crippen molar-refractivity contribution in [2.45, 2.75) is 49.9 Å². The number of morpholine rings is 1. The second kappa shape index (κ2) is 15.9. The van der Waals surface area contributed by atoms with Crippen molar-refractivity contribution in [2.75, 3.05) is 25.0 Å². The number of halogens is 7. The number of alkyl halides is 6. The van der Waals surface area contributed by atoms with Gasteiger partial charge in [0.05, 0.1) is 36.8 Å². The summed E-state index contributed by atoms with van der Waals surface area (Å²) in [4.78, 5) is 28.7. The fourth-order valence-electron chi connectivity index (χ4n) is 4.95. The second-order valence-corrected chi connectivity index (χ2v) is 10.8. The number of hydrogen-bond donors (Lipinski definition) is 3. The first kappa shape index (κ1) is 36.1. The van der Waals surface area contributed by atoms with E-state index in [1.165, 1.54) is 18.3 Å². The lowest BCUT2D eigenvalue weighted by Gasteiger charge is -2.31. The SMILES string of the molecule is C=C(OC(=O)NCC(F)(F)F)C1COC(CCc2c(F)cncc2NC(=O)CC(c2ccccc2)c2ccc(OC(F)(F)F)cc2)CN1. The average Bonchev–Trinajstić information content (AvgIpc) is 3.02. The van der Waals surface area contributed by atoms with Crippen LogP contribution in [-0.4, -0.2) is 61.4 Å². The van der Waals surface area contributed by atoms with Gasteiger partial charge >= 0.3 is 18.6 Å². The molecule has 258 valence electrons. The number of anilines is 1. The molecule has 3 atom stereocenters. The summed E-state index contributed by atoms with van der Waals surface area (Å²) in [5.74, 6) is -2.26. The van der Waals surface area contributed by atoms with E-state index in [0.29, 0.717) is 12.0 Å². The Morgan fingerprint density at radius 1 is 1.02 bits per heavy atom. The molecular formula is C32H31F7N4O5. The first-order valence-electron chi connectivity index (χ1n) is 14.6. The molecule has 1 aliphatic heterocycles. The molecule has 1 saturated heterocycles. The largest absolute Gasteiger partial charge is 0.573 e. The van der Waals surface area contributed by atoms with Crippen molar-refractivity contribution in [3.8, 4) is 5.75 Å². The lowest BCUT2D eigenvalue weighted by atomic mass is 9.88. The van der Waals surface area contributed by atoms with Crippen molar-refractivity contribution in [3.05, 3.63) is 102 Å². The van der Waals surface area contributed by atoms with Crippen LogP contribution in [0.15, 0.2) is 79.3 Å². The Labute approximate surface area is 270 Å². The van der Waals surface area contributed by atoms with Crippen LogP contribution in [0.5, 0.6) is 5.75 Å². The molecule has 0 aliphatic carbocycles. The highest BCUT2D eigenvalue weighted by Gasteiger charge is 2.32. The van der Waals surface area contributed by atoms with Crippen molar-refractivity contribution >= 4 is 17.7 Å². The Hall–Kier alpha value is -4.70. The molecule has 48 heavy (non-hydrogen) atoms. The summed E-state index contributed by atoms with van der Waals surface area (Å²) in [6, 6.07) is 13.4. The number of carbonyl (C=O) groups excluding carboxylic acids is 2. The molecule has 1 aromatic heterocycles. The van der Waals surface area contributed by atoms with Crippen molar-refractivity contribution < 1.29 is 54.5 Å². The summed E-state index contributed by atoms with van der Waals surface area (Å²) in [6.45, 7) is 2.19. The van der Waals surface area contributed by atoms with Crippen LogP contribution < -0.4 is 20.7 Å². The third-order valence-corrected chi connectivity index (χ3v) is 7.24. The quantitative estimate of drug-likeness (QED) is 0.150. The maximum Gasteiger partial charge on any atom is 0.573 e. The molecule has 2 amide bonds. The number of nitrogens with one attached hydrogen (secondary N) is 3. The fraction of sp³-hybridized carbons (Fsp3) is 0.344. The van der Waals surface area contributed by atoms with Gasteiger partial charge < -0.3 is 30.2 Å². The minimum absolute atomic E-state index is 0.0251. The number of rotatable bonds is 12. The van der Waals surface area contributed by atoms with Gasteiger partial charge in [0, 0.05) is 24.4 Å². The Kier molecular flexibility index (Phi) is 12.0. The third kappa shape index (κ3) is 11.2. The summed E-state index contributed by atoms with van der Waals surface area (Å²) in [7, 11) is 0. The molecule has 1 fully saturated rings. The van der Waals surface area contributed by atoms with Crippen LogP contribution in [-0.2, 0) is 20.7 Å². The van der Waals surface area contributed by atoms with E-state index in [0.717, 1.165) is 23.9 Å². The first-order chi connectivity index (χ1) is 22.7. The number of aromatic nitrogens is 1. The zero-order valence-electron chi connectivity index (χ0n) is 25.2. The topological polar surface area (TPSA) is 111 Å². The highest BCUT2D eigenvalue weighted by Crippen LogP contribution is 2.32. The molecule has 0 saturated carbocycles. The van der Waals surface area contributed by atoms with E-state index < -0.39 is 60.7 Å². The Bertz CT molecular complexity index is 1550. The van der Waals surface area contributed by atoms with Crippen LogP contribution in [0.25, 0.3) is 0 Å². The van der Waals surface area contributed by atoms with Crippen LogP contribution in [0.2, 0.25) is 0 Å². The second-order valence-electron chi connectivity index (χ2n) is 10.8. The van der Waals surface area contributed by atoms with Gasteiger partial charge in [0.15, 0.2) is 0 Å². The van der Waals surface area contributed by atoms with E-state index in [1.807, 2.05) is 0 Å². The summed E-state index contributed by atoms with van der Waals surface area (Å²) in [5, 5.41) is 7.30. The zero-order chi connectivity index (χ0) is 34.9. The average molecular weight is 685 g/mol. The molecule has 2 aromatic carbocycles. The van der Waals surface area contributed by atoms with E-state index in [9.17, 15) is 40.3 Å². The van der Waals surface area contributed by atoms with Crippen LogP contribution in [0.3, 0.4) is 0 Å². The number of benzene rings is 2. The number of nitrogens with zero attached hydrogens (tertiary/aromatic N) is 1. The van der Waals surface area contributed by atoms with Crippen LogP contribution in [0, 0.1) is 5.82 Å². The van der Waals surface area contributed by atoms with Gasteiger partial charge in [-0.15, -0.1) is 13.2 Å². The molecule has 0 bridgehead atoms. The maximum atomic E-state index is 14.9. The highest BCUT2D eigenvalue weighted by molar-refractivity contribution is 5.92. The fourth-order valence-corrected chi connectivity index (χ4v) is 4.95. The smallest absolute Gasteiger partial charge is 0.414 e. The van der Waals surface area contributed by atoms with Crippen molar-refractivity contribution in [1.29, 1.82) is 0 Å². The number of pyridine rings is 1. The van der Waals surface area contributed by atoms with E-state index >= 15 is 0 Å². The minimum atomic E-state index is -4.85. The predicted octanol–water partition coefficient (Wildman–Crippen LogP) is 6.37. The van der Waals surface area contributed by atoms with Crippen LogP contribution >= 0.6 is 0 Å². The predicted molar refractivity (Wildman–Crippen MR) is 158 cm³/mol. The van der Waals surface area contributed by atoms with Crippen LogP contribution in [0.4, 0.5) is 41.2 Å². The number of amides is 2. The van der Waals surface area contributed by atoms with Gasteiger partial charge in [-0.1, -0.05) is 49.0 Å². The molecule has 3 aromatic rings. The minimum Gasteiger partial charge on any atom is -0.414 e. The van der Waals surface area contributed by atoms with E-state index in [4.69, 9.17) is 9.47 Å². The Balaban J connectivity index is 1.35. The summed E-state index contributed by atoms with van der Waals surface area (Å²) in [6.07, 6.45) is -8.60. The third-order valence-electron chi connectivity index (χ3n) is 7.24. The van der Waals surface area contributed by atoms with Crippen LogP contribution in [0.1, 0.15) is 35.4 Å². The first-order valence-corrected chi connectivity index (χ1v) is 14.6. The van der Waals surface area contributed by atoms with Gasteiger partial charge in [-0.2, -0.15) is 13.2 Å². The van der Waals surface area contributed by atoms with E-state index in [2.05, 4.69) is 26.9 Å². The van der Waals surface area contributed by atoms with E-state index in [1.54, 1.807) is 35.6 Å². The van der Waals surface area contributed by atoms with Gasteiger partial charge in [0.25, 0.3) is 0 Å². The zero-order valence-corrected chi connectivity index (χ0v) is 25.2. The molecular weight excluding hydrogens is 653 g/mol. The van der Waals surface area contributed by atoms with Crippen molar-refractivity contribution in [1.82, 2.24) is 15.6 Å². The molecule has 3 unspecified atom stereocenters. The molecule has 9 nitrogen and oxygen atoms in total. The highest BCUT2D eigenvalue weighted by atomic mass is 19.4. The number of ether oxygens (including phenoxy) is 3. The van der Waals surface area contributed by atoms with Gasteiger partial charge in [-0.05, 0) is 36.1 Å². The molecule has 1 aliphatic rings. The van der Waals surface area contributed by atoms with Gasteiger partial charge in [-0.3, -0.25) is 9.78 Å². The summed E-state index contributed by atoms with van der Waals surface area (Å²) >= 11 is 0. The number of alkyl carbamates (subject to hydrolysis) is 1. The maximum absolute atomic E-state index is 14.9. The monoisotopic (exact) mass is 684 g/mol. The van der Waals surface area contributed by atoms with Gasteiger partial charge in [-0.25, -0.2) is 9.18 Å². The van der Waals surface area contributed by atoms with Crippen molar-refractivity contribution in [2.24, 2.45) is 0 Å². The number of carbonyl (C=O) groups is 2. The number of hydrogen-bond acceptors (Lipinski definition) is 7. The lowest BCUT2D eigenvalue weighted by molar-refractivity contribution is -0.274. The molecule has 2 heterocycles. The van der Waals surface area contributed by atoms with E-state index in [-0.39, 0.29) is 43.0 Å². The Morgan fingerprint density at radius 3 is 2.33 bits per heavy atom. The van der Waals surface area contributed by atoms with Gasteiger partial charge in [0.1, 0.15) is 23.9 Å². The molecule has 4 rings (SSSR count). The Morgan fingerprint density at radius 2 is 1.71 bits per heavy atom. The summed E-state index contributed by atoms with van der Waals surface area (Å²) < 4.78 is 104. The molecule has 16 heteroatoms. The lowest BCUT2D eigenvalue weighted by Crippen LogP contribution is -2.48. The summed E-state index contributed by atoms with van der Waals surface area (Å²) in [5.41, 5.74) is 1.58. The van der Waals surface area contributed by atoms with Gasteiger partial charge in [0.2, 0.25) is 5.91 Å². The molecule has 0 spiro atoms. The normalized spacial score (nSPS) is 17.2. The molecule has 0 radical (unpaired) electrons. The standard InChI is InChI=1S/C32H31F7N4O5/c1-19(47-30(45)42-18-31(34,35)36)28-17-46-23(14-41-28)11-12-24-26(33)15-40-16-27(24)43-29(44)13-25(20-5-3-2-4-6-20)21-7-9-22(10-8-21)48-32(37,38)39/h2-10,15-16,23,25,28,41H,1,11-14,17-18H2,(H,42,45)(H,43,44). The van der Waals surface area contributed by atoms with Crippen molar-refractivity contribution in [3.63, 3.8) is 0 Å². The molecule has 3 N–H and O–H groups in total.